The molecule has 1 N–H and O–H groups in total. The van der Waals surface area contributed by atoms with Gasteiger partial charge in [0.1, 0.15) is 5.69 Å². The lowest BCUT2D eigenvalue weighted by Gasteiger charge is -2.18. The number of anilines is 1. The number of aromatic nitrogens is 1. The maximum Gasteiger partial charge on any atom is 0.281 e. The zero-order valence-electron chi connectivity index (χ0n) is 11.5. The van der Waals surface area contributed by atoms with Gasteiger partial charge < -0.3 is 4.98 Å². The second-order valence-electron chi connectivity index (χ2n) is 4.77. The van der Waals surface area contributed by atoms with Crippen LogP contribution in [0.25, 0.3) is 10.9 Å². The van der Waals surface area contributed by atoms with Crippen LogP contribution in [0, 0.1) is 0 Å². The summed E-state index contributed by atoms with van der Waals surface area (Å²) < 4.78 is 0. The number of nitrogens with one attached hydrogen (secondary N) is 1. The molecule has 4 heteroatoms. The molecule has 1 aromatic heterocycles. The molecule has 2 amide bonds. The number of para-hydroxylation sites is 2. The molecule has 3 aromatic rings. The summed E-state index contributed by atoms with van der Waals surface area (Å²) in [5.41, 5.74) is 1.83. The van der Waals surface area contributed by atoms with Crippen molar-refractivity contribution >= 4 is 28.4 Å². The summed E-state index contributed by atoms with van der Waals surface area (Å²) >= 11 is 0. The number of benzene rings is 2. The maximum atomic E-state index is 12.6. The van der Waals surface area contributed by atoms with Crippen molar-refractivity contribution in [1.82, 2.24) is 4.98 Å². The molecule has 2 aromatic carbocycles. The SMILES string of the molecule is CC(=O)N(C(=O)c1cc2ccccc2[nH]1)c1ccccc1. The summed E-state index contributed by atoms with van der Waals surface area (Å²) in [6, 6.07) is 18.3. The Bertz CT molecular complexity index is 773. The average Bonchev–Trinajstić information content (AvgIpc) is 2.92. The third-order valence-corrected chi connectivity index (χ3v) is 3.29. The number of rotatable bonds is 2. The lowest BCUT2D eigenvalue weighted by atomic mass is 10.2. The zero-order valence-corrected chi connectivity index (χ0v) is 11.5. The Morgan fingerprint density at radius 2 is 1.62 bits per heavy atom. The monoisotopic (exact) mass is 278 g/mol. The lowest BCUT2D eigenvalue weighted by Crippen LogP contribution is -2.35. The first-order chi connectivity index (χ1) is 10.2. The van der Waals surface area contributed by atoms with E-state index in [2.05, 4.69) is 4.98 Å². The molecule has 1 heterocycles. The van der Waals surface area contributed by atoms with Crippen molar-refractivity contribution < 1.29 is 9.59 Å². The second-order valence-corrected chi connectivity index (χ2v) is 4.77. The minimum Gasteiger partial charge on any atom is -0.351 e. The maximum absolute atomic E-state index is 12.6. The van der Waals surface area contributed by atoms with Crippen LogP contribution < -0.4 is 4.90 Å². The highest BCUT2D eigenvalue weighted by atomic mass is 16.2. The van der Waals surface area contributed by atoms with Crippen LogP contribution in [0.2, 0.25) is 0 Å². The number of amides is 2. The minimum atomic E-state index is -0.357. The first-order valence-corrected chi connectivity index (χ1v) is 6.64. The van der Waals surface area contributed by atoms with Crippen LogP contribution in [0.15, 0.2) is 60.7 Å². The number of fused-ring (bicyclic) bond motifs is 1. The summed E-state index contributed by atoms with van der Waals surface area (Å²) in [5, 5.41) is 0.942. The molecule has 0 radical (unpaired) electrons. The Hall–Kier alpha value is -2.88. The summed E-state index contributed by atoms with van der Waals surface area (Å²) in [5.74, 6) is -0.672. The van der Waals surface area contributed by atoms with Crippen LogP contribution in [-0.2, 0) is 4.79 Å². The topological polar surface area (TPSA) is 53.2 Å². The van der Waals surface area contributed by atoms with E-state index < -0.39 is 0 Å². The van der Waals surface area contributed by atoms with Gasteiger partial charge >= 0.3 is 0 Å². The molecule has 3 rings (SSSR count). The van der Waals surface area contributed by atoms with Gasteiger partial charge in [-0.1, -0.05) is 36.4 Å². The molecule has 0 aliphatic carbocycles. The Kier molecular flexibility index (Phi) is 3.28. The molecule has 4 nitrogen and oxygen atoms in total. The number of carbonyl (C=O) groups is 2. The first kappa shape index (κ1) is 13.1. The van der Waals surface area contributed by atoms with E-state index in [9.17, 15) is 9.59 Å². The fraction of sp³-hybridized carbons (Fsp3) is 0.0588. The van der Waals surface area contributed by atoms with Gasteiger partial charge in [-0.15, -0.1) is 0 Å². The van der Waals surface area contributed by atoms with Crippen molar-refractivity contribution in [2.75, 3.05) is 4.90 Å². The fourth-order valence-corrected chi connectivity index (χ4v) is 2.33. The smallest absolute Gasteiger partial charge is 0.281 e. The molecular weight excluding hydrogens is 264 g/mol. The molecule has 21 heavy (non-hydrogen) atoms. The zero-order chi connectivity index (χ0) is 14.8. The van der Waals surface area contributed by atoms with Crippen LogP contribution in [-0.4, -0.2) is 16.8 Å². The highest BCUT2D eigenvalue weighted by Crippen LogP contribution is 2.20. The minimum absolute atomic E-state index is 0.315. The van der Waals surface area contributed by atoms with Crippen molar-refractivity contribution in [3.8, 4) is 0 Å². The molecule has 0 saturated heterocycles. The molecule has 0 fully saturated rings. The van der Waals surface area contributed by atoms with Crippen molar-refractivity contribution in [3.05, 3.63) is 66.4 Å². The van der Waals surface area contributed by atoms with Gasteiger partial charge in [0.25, 0.3) is 5.91 Å². The van der Waals surface area contributed by atoms with Gasteiger partial charge in [-0.3, -0.25) is 9.59 Å². The van der Waals surface area contributed by atoms with E-state index in [4.69, 9.17) is 0 Å². The van der Waals surface area contributed by atoms with Crippen molar-refractivity contribution in [1.29, 1.82) is 0 Å². The number of hydrogen-bond donors (Lipinski definition) is 1. The largest absolute Gasteiger partial charge is 0.351 e. The van der Waals surface area contributed by atoms with Gasteiger partial charge in [-0.05, 0) is 24.3 Å². The van der Waals surface area contributed by atoms with Crippen molar-refractivity contribution in [2.24, 2.45) is 0 Å². The van der Waals surface area contributed by atoms with E-state index in [-0.39, 0.29) is 11.8 Å². The molecule has 0 saturated carbocycles. The van der Waals surface area contributed by atoms with E-state index in [1.54, 1.807) is 30.3 Å². The molecule has 0 unspecified atom stereocenters. The Balaban J connectivity index is 2.03. The lowest BCUT2D eigenvalue weighted by molar-refractivity contribution is -0.115. The third-order valence-electron chi connectivity index (χ3n) is 3.29. The highest BCUT2D eigenvalue weighted by molar-refractivity contribution is 6.20. The first-order valence-electron chi connectivity index (χ1n) is 6.64. The van der Waals surface area contributed by atoms with Crippen LogP contribution in [0.3, 0.4) is 0 Å². The Morgan fingerprint density at radius 1 is 0.952 bits per heavy atom. The van der Waals surface area contributed by atoms with Crippen LogP contribution in [0.4, 0.5) is 5.69 Å². The van der Waals surface area contributed by atoms with Gasteiger partial charge in [0.05, 0.1) is 5.69 Å². The third kappa shape index (κ3) is 2.43. The predicted molar refractivity (Wildman–Crippen MR) is 82.2 cm³/mol. The van der Waals surface area contributed by atoms with Gasteiger partial charge in [0, 0.05) is 17.8 Å². The number of imide groups is 1. The molecule has 0 spiro atoms. The number of hydrogen-bond acceptors (Lipinski definition) is 2. The van der Waals surface area contributed by atoms with Gasteiger partial charge in [0.15, 0.2) is 0 Å². The van der Waals surface area contributed by atoms with E-state index >= 15 is 0 Å². The molecule has 0 bridgehead atoms. The van der Waals surface area contributed by atoms with Crippen molar-refractivity contribution in [2.45, 2.75) is 6.92 Å². The van der Waals surface area contributed by atoms with Crippen molar-refractivity contribution in [3.63, 3.8) is 0 Å². The van der Waals surface area contributed by atoms with E-state index in [0.29, 0.717) is 11.4 Å². The number of carbonyl (C=O) groups excluding carboxylic acids is 2. The van der Waals surface area contributed by atoms with Crippen LogP contribution in [0.5, 0.6) is 0 Å². The Morgan fingerprint density at radius 3 is 2.29 bits per heavy atom. The highest BCUT2D eigenvalue weighted by Gasteiger charge is 2.22. The van der Waals surface area contributed by atoms with Gasteiger partial charge in [-0.2, -0.15) is 0 Å². The number of nitrogens with zero attached hydrogens (tertiary/aromatic N) is 1. The molecule has 0 aliphatic heterocycles. The van der Waals surface area contributed by atoms with E-state index in [0.717, 1.165) is 10.9 Å². The molecular formula is C17H14N2O2. The summed E-state index contributed by atoms with van der Waals surface area (Å²) in [4.78, 5) is 28.7. The van der Waals surface area contributed by atoms with E-state index in [1.165, 1.54) is 11.8 Å². The van der Waals surface area contributed by atoms with Gasteiger partial charge in [0.2, 0.25) is 5.91 Å². The normalized spacial score (nSPS) is 10.5. The molecule has 104 valence electrons. The Labute approximate surface area is 122 Å². The van der Waals surface area contributed by atoms with Gasteiger partial charge in [-0.25, -0.2) is 4.90 Å². The quantitative estimate of drug-likeness (QED) is 0.781. The number of H-pyrrole nitrogens is 1. The molecule has 0 atom stereocenters. The summed E-state index contributed by atoms with van der Waals surface area (Å²) in [6.07, 6.45) is 0. The number of aromatic amines is 1. The summed E-state index contributed by atoms with van der Waals surface area (Å²) in [6.45, 7) is 1.38. The van der Waals surface area contributed by atoms with E-state index in [1.807, 2.05) is 30.3 Å². The van der Waals surface area contributed by atoms with Crippen LogP contribution in [0.1, 0.15) is 17.4 Å². The average molecular weight is 278 g/mol. The summed E-state index contributed by atoms with van der Waals surface area (Å²) in [7, 11) is 0. The standard InChI is InChI=1S/C17H14N2O2/c1-12(20)19(14-8-3-2-4-9-14)17(21)16-11-13-7-5-6-10-15(13)18-16/h2-11,18H,1H3. The fourth-order valence-electron chi connectivity index (χ4n) is 2.33. The molecule has 0 aliphatic rings. The van der Waals surface area contributed by atoms with Crippen LogP contribution >= 0.6 is 0 Å². The second kappa shape index (κ2) is 5.25. The predicted octanol–water partition coefficient (Wildman–Crippen LogP) is 3.36.